The first-order valence-electron chi connectivity index (χ1n) is 6.87. The van der Waals surface area contributed by atoms with Gasteiger partial charge >= 0.3 is 6.03 Å². The number of hydrogen-bond acceptors (Lipinski definition) is 3. The van der Waals surface area contributed by atoms with Crippen LogP contribution in [0.3, 0.4) is 0 Å². The van der Waals surface area contributed by atoms with E-state index in [9.17, 15) is 9.90 Å². The molecule has 1 aromatic rings. The topological polar surface area (TPSA) is 74.2 Å². The van der Waals surface area contributed by atoms with Gasteiger partial charge in [0.1, 0.15) is 0 Å². The van der Waals surface area contributed by atoms with E-state index < -0.39 is 6.10 Å². The molecule has 2 atom stereocenters. The average molecular weight is 263 g/mol. The number of nitrogens with zero attached hydrogens (tertiary/aromatic N) is 1. The van der Waals surface area contributed by atoms with Crippen molar-refractivity contribution in [3.05, 3.63) is 30.1 Å². The van der Waals surface area contributed by atoms with Crippen molar-refractivity contribution in [2.24, 2.45) is 0 Å². The summed E-state index contributed by atoms with van der Waals surface area (Å²) in [6.07, 6.45) is 7.63. The molecule has 1 heterocycles. The minimum atomic E-state index is -0.405. The molecular formula is C14H21N3O2. The van der Waals surface area contributed by atoms with Gasteiger partial charge in [-0.2, -0.15) is 0 Å². The fraction of sp³-hybridized carbons (Fsp3) is 0.571. The molecule has 2 unspecified atom stereocenters. The van der Waals surface area contributed by atoms with E-state index in [0.717, 1.165) is 37.7 Å². The highest BCUT2D eigenvalue weighted by Gasteiger charge is 2.24. The Morgan fingerprint density at radius 3 is 3.00 bits per heavy atom. The van der Waals surface area contributed by atoms with Crippen LogP contribution in [0.1, 0.15) is 31.2 Å². The van der Waals surface area contributed by atoms with Gasteiger partial charge in [-0.05, 0) is 30.9 Å². The molecule has 0 aliphatic heterocycles. The van der Waals surface area contributed by atoms with Crippen LogP contribution in [0.15, 0.2) is 24.5 Å². The number of aliphatic hydroxyl groups excluding tert-OH is 1. The molecule has 1 aromatic heterocycles. The highest BCUT2D eigenvalue weighted by molar-refractivity contribution is 5.74. The van der Waals surface area contributed by atoms with Crippen LogP contribution in [0, 0.1) is 0 Å². The molecule has 1 fully saturated rings. The monoisotopic (exact) mass is 263 g/mol. The Morgan fingerprint density at radius 1 is 1.42 bits per heavy atom. The fourth-order valence-corrected chi connectivity index (χ4v) is 2.37. The van der Waals surface area contributed by atoms with Crippen molar-refractivity contribution in [2.45, 2.75) is 44.2 Å². The average Bonchev–Trinajstić information content (AvgIpc) is 2.43. The quantitative estimate of drug-likeness (QED) is 0.765. The molecule has 0 saturated heterocycles. The second-order valence-electron chi connectivity index (χ2n) is 4.97. The number of rotatable bonds is 4. The predicted octanol–water partition coefficient (Wildman–Crippen LogP) is 1.23. The van der Waals surface area contributed by atoms with E-state index in [1.165, 1.54) is 0 Å². The number of aliphatic hydroxyl groups is 1. The number of aromatic nitrogens is 1. The fourth-order valence-electron chi connectivity index (χ4n) is 2.37. The highest BCUT2D eigenvalue weighted by atomic mass is 16.3. The molecule has 1 saturated carbocycles. The number of hydrogen-bond donors (Lipinski definition) is 3. The molecule has 5 nitrogen and oxygen atoms in total. The van der Waals surface area contributed by atoms with Crippen molar-refractivity contribution in [1.29, 1.82) is 0 Å². The van der Waals surface area contributed by atoms with E-state index in [-0.39, 0.29) is 12.1 Å². The maximum Gasteiger partial charge on any atom is 0.315 e. The lowest BCUT2D eigenvalue weighted by Gasteiger charge is -2.28. The summed E-state index contributed by atoms with van der Waals surface area (Å²) >= 11 is 0. The standard InChI is InChI=1S/C14H21N3O2/c18-13-6-2-1-5-12(13)17-14(19)16-9-7-11-4-3-8-15-10-11/h3-4,8,10,12-13,18H,1-2,5-7,9H2,(H2,16,17,19). The van der Waals surface area contributed by atoms with Crippen molar-refractivity contribution in [1.82, 2.24) is 15.6 Å². The van der Waals surface area contributed by atoms with E-state index >= 15 is 0 Å². The highest BCUT2D eigenvalue weighted by Crippen LogP contribution is 2.18. The molecule has 2 rings (SSSR count). The number of pyridine rings is 1. The van der Waals surface area contributed by atoms with Crippen molar-refractivity contribution < 1.29 is 9.90 Å². The van der Waals surface area contributed by atoms with Crippen LogP contribution in [0.25, 0.3) is 0 Å². The van der Waals surface area contributed by atoms with Gasteiger partial charge in [-0.25, -0.2) is 4.79 Å². The second kappa shape index (κ2) is 7.09. The Balaban J connectivity index is 1.67. The third-order valence-corrected chi connectivity index (χ3v) is 3.47. The summed E-state index contributed by atoms with van der Waals surface area (Å²) in [5.74, 6) is 0. The zero-order chi connectivity index (χ0) is 13.5. The molecule has 3 N–H and O–H groups in total. The lowest BCUT2D eigenvalue weighted by molar-refractivity contribution is 0.0943. The van der Waals surface area contributed by atoms with Gasteiger partial charge in [-0.15, -0.1) is 0 Å². The first-order chi connectivity index (χ1) is 9.25. The molecule has 0 spiro atoms. The van der Waals surface area contributed by atoms with Crippen molar-refractivity contribution in [3.63, 3.8) is 0 Å². The molecule has 104 valence electrons. The van der Waals surface area contributed by atoms with Crippen LogP contribution in [-0.2, 0) is 6.42 Å². The second-order valence-corrected chi connectivity index (χ2v) is 4.97. The molecule has 5 heteroatoms. The van der Waals surface area contributed by atoms with Gasteiger partial charge in [0.25, 0.3) is 0 Å². The molecular weight excluding hydrogens is 242 g/mol. The third kappa shape index (κ3) is 4.52. The van der Waals surface area contributed by atoms with E-state index in [1.807, 2.05) is 12.1 Å². The normalized spacial score (nSPS) is 22.8. The van der Waals surface area contributed by atoms with E-state index in [2.05, 4.69) is 15.6 Å². The van der Waals surface area contributed by atoms with Crippen LogP contribution in [0.5, 0.6) is 0 Å². The summed E-state index contributed by atoms with van der Waals surface area (Å²) in [6, 6.07) is 3.56. The first kappa shape index (κ1) is 13.8. The molecule has 19 heavy (non-hydrogen) atoms. The molecule has 1 aliphatic rings. The van der Waals surface area contributed by atoms with Crippen LogP contribution < -0.4 is 10.6 Å². The third-order valence-electron chi connectivity index (χ3n) is 3.47. The minimum absolute atomic E-state index is 0.104. The van der Waals surface area contributed by atoms with Crippen LogP contribution in [0.2, 0.25) is 0 Å². The van der Waals surface area contributed by atoms with Crippen LogP contribution in [0.4, 0.5) is 4.79 Å². The van der Waals surface area contributed by atoms with Crippen molar-refractivity contribution in [3.8, 4) is 0 Å². The zero-order valence-electron chi connectivity index (χ0n) is 11.0. The molecule has 0 radical (unpaired) electrons. The zero-order valence-corrected chi connectivity index (χ0v) is 11.0. The van der Waals surface area contributed by atoms with Crippen LogP contribution >= 0.6 is 0 Å². The maximum atomic E-state index is 11.7. The summed E-state index contributed by atoms with van der Waals surface area (Å²) < 4.78 is 0. The summed E-state index contributed by atoms with van der Waals surface area (Å²) in [5.41, 5.74) is 1.10. The van der Waals surface area contributed by atoms with Gasteiger partial charge in [0.15, 0.2) is 0 Å². The lowest BCUT2D eigenvalue weighted by Crippen LogP contribution is -2.49. The number of amides is 2. The van der Waals surface area contributed by atoms with Crippen LogP contribution in [-0.4, -0.2) is 34.8 Å². The van der Waals surface area contributed by atoms with Gasteiger partial charge in [0, 0.05) is 18.9 Å². The molecule has 0 aromatic carbocycles. The Kier molecular flexibility index (Phi) is 5.15. The summed E-state index contributed by atoms with van der Waals surface area (Å²) in [6.45, 7) is 0.570. The number of carbonyl (C=O) groups excluding carboxylic acids is 1. The predicted molar refractivity (Wildman–Crippen MR) is 72.7 cm³/mol. The van der Waals surface area contributed by atoms with E-state index in [4.69, 9.17) is 0 Å². The van der Waals surface area contributed by atoms with E-state index in [0.29, 0.717) is 6.54 Å². The molecule has 2 amide bonds. The number of nitrogens with one attached hydrogen (secondary N) is 2. The smallest absolute Gasteiger partial charge is 0.315 e. The number of urea groups is 1. The lowest BCUT2D eigenvalue weighted by atomic mass is 9.93. The minimum Gasteiger partial charge on any atom is -0.391 e. The Bertz CT molecular complexity index is 397. The number of carbonyl (C=O) groups is 1. The maximum absolute atomic E-state index is 11.7. The molecule has 0 bridgehead atoms. The SMILES string of the molecule is O=C(NCCc1cccnc1)NC1CCCCC1O. The first-order valence-corrected chi connectivity index (χ1v) is 6.87. The summed E-state index contributed by atoms with van der Waals surface area (Å²) in [4.78, 5) is 15.7. The van der Waals surface area contributed by atoms with Gasteiger partial charge in [0.2, 0.25) is 0 Å². The van der Waals surface area contributed by atoms with E-state index in [1.54, 1.807) is 12.4 Å². The van der Waals surface area contributed by atoms with Gasteiger partial charge < -0.3 is 15.7 Å². The molecule has 1 aliphatic carbocycles. The van der Waals surface area contributed by atoms with Crippen molar-refractivity contribution >= 4 is 6.03 Å². The Labute approximate surface area is 113 Å². The van der Waals surface area contributed by atoms with Gasteiger partial charge in [0.05, 0.1) is 12.1 Å². The Hall–Kier alpha value is -1.62. The Morgan fingerprint density at radius 2 is 2.26 bits per heavy atom. The summed E-state index contributed by atoms with van der Waals surface area (Å²) in [7, 11) is 0. The van der Waals surface area contributed by atoms with Gasteiger partial charge in [-0.3, -0.25) is 4.98 Å². The largest absolute Gasteiger partial charge is 0.391 e. The summed E-state index contributed by atoms with van der Waals surface area (Å²) in [5, 5.41) is 15.4. The van der Waals surface area contributed by atoms with Crippen molar-refractivity contribution in [2.75, 3.05) is 6.54 Å². The van der Waals surface area contributed by atoms with Gasteiger partial charge in [-0.1, -0.05) is 18.9 Å².